The van der Waals surface area contributed by atoms with Crippen LogP contribution in [0.2, 0.25) is 0 Å². The second-order valence-electron chi connectivity index (χ2n) is 8.51. The van der Waals surface area contributed by atoms with Gasteiger partial charge in [-0.15, -0.1) is 0 Å². The average molecular weight is 382 g/mol. The lowest BCUT2D eigenvalue weighted by Crippen LogP contribution is -2.49. The molecule has 0 N–H and O–H groups in total. The highest BCUT2D eigenvalue weighted by molar-refractivity contribution is 5.79. The number of ether oxygens (including phenoxy) is 1. The van der Waals surface area contributed by atoms with E-state index < -0.39 is 0 Å². The van der Waals surface area contributed by atoms with Crippen molar-refractivity contribution in [2.24, 2.45) is 5.92 Å². The zero-order valence-electron chi connectivity index (χ0n) is 17.9. The second-order valence-corrected chi connectivity index (χ2v) is 8.51. The van der Waals surface area contributed by atoms with E-state index in [4.69, 9.17) is 4.74 Å². The van der Waals surface area contributed by atoms with E-state index in [0.29, 0.717) is 18.6 Å². The topological polar surface area (TPSA) is 53.1 Å². The summed E-state index contributed by atoms with van der Waals surface area (Å²) in [6.07, 6.45) is 4.88. The third kappa shape index (κ3) is 5.84. The minimum Gasteiger partial charge on any atom is -0.450 e. The van der Waals surface area contributed by atoms with Gasteiger partial charge in [-0.3, -0.25) is 4.79 Å². The summed E-state index contributed by atoms with van der Waals surface area (Å²) in [6, 6.07) is 1.03. The molecule has 0 spiro atoms. The van der Waals surface area contributed by atoms with Gasteiger partial charge in [-0.05, 0) is 79.8 Å². The largest absolute Gasteiger partial charge is 0.450 e. The van der Waals surface area contributed by atoms with Gasteiger partial charge in [0, 0.05) is 37.1 Å². The first kappa shape index (κ1) is 22.0. The summed E-state index contributed by atoms with van der Waals surface area (Å²) in [6.45, 7) is 14.3. The molecule has 1 atom stereocenters. The lowest BCUT2D eigenvalue weighted by molar-refractivity contribution is -0.141. The highest BCUT2D eigenvalue weighted by Crippen LogP contribution is 2.26. The van der Waals surface area contributed by atoms with E-state index in [0.717, 1.165) is 58.3 Å². The van der Waals surface area contributed by atoms with Crippen LogP contribution < -0.4 is 0 Å². The molecule has 27 heavy (non-hydrogen) atoms. The predicted octanol–water partition coefficient (Wildman–Crippen LogP) is 3.35. The van der Waals surface area contributed by atoms with Crippen LogP contribution in [0.15, 0.2) is 0 Å². The Morgan fingerprint density at radius 2 is 1.59 bits per heavy atom. The number of amides is 2. The van der Waals surface area contributed by atoms with Crippen molar-refractivity contribution >= 4 is 12.0 Å². The van der Waals surface area contributed by atoms with E-state index in [2.05, 4.69) is 32.6 Å². The molecule has 2 amide bonds. The van der Waals surface area contributed by atoms with Gasteiger partial charge in [0.2, 0.25) is 5.91 Å². The molecule has 0 aromatic carbocycles. The predicted molar refractivity (Wildman–Crippen MR) is 108 cm³/mol. The van der Waals surface area contributed by atoms with Crippen LogP contribution in [0.5, 0.6) is 0 Å². The van der Waals surface area contributed by atoms with Crippen molar-refractivity contribution in [3.05, 3.63) is 0 Å². The fourth-order valence-corrected chi connectivity index (χ4v) is 4.67. The number of hydrogen-bond donors (Lipinski definition) is 0. The van der Waals surface area contributed by atoms with Crippen LogP contribution >= 0.6 is 0 Å². The molecule has 2 fully saturated rings. The Bertz CT molecular complexity index is 479. The minimum absolute atomic E-state index is 0.160. The molecule has 156 valence electrons. The molecule has 0 aromatic heterocycles. The summed E-state index contributed by atoms with van der Waals surface area (Å²) < 4.78 is 5.15. The maximum absolute atomic E-state index is 12.9. The summed E-state index contributed by atoms with van der Waals surface area (Å²) >= 11 is 0. The summed E-state index contributed by atoms with van der Waals surface area (Å²) in [5.74, 6) is 0.488. The van der Waals surface area contributed by atoms with Gasteiger partial charge in [0.25, 0.3) is 0 Å². The SMILES string of the molecule is CCOC(=O)N1CCCC(N2CCC(C(=O)N(C(C)C)C(C)C)CC2)CC1. The van der Waals surface area contributed by atoms with Gasteiger partial charge < -0.3 is 19.4 Å². The zero-order chi connectivity index (χ0) is 20.0. The highest BCUT2D eigenvalue weighted by atomic mass is 16.6. The Kier molecular flexibility index (Phi) is 8.39. The van der Waals surface area contributed by atoms with Crippen molar-refractivity contribution in [1.82, 2.24) is 14.7 Å². The number of hydrogen-bond acceptors (Lipinski definition) is 4. The van der Waals surface area contributed by atoms with E-state index in [9.17, 15) is 9.59 Å². The zero-order valence-corrected chi connectivity index (χ0v) is 17.9. The molecular weight excluding hydrogens is 342 g/mol. The second kappa shape index (κ2) is 10.3. The van der Waals surface area contributed by atoms with Gasteiger partial charge in [-0.2, -0.15) is 0 Å². The van der Waals surface area contributed by atoms with Crippen LogP contribution in [0.4, 0.5) is 4.79 Å². The number of carbonyl (C=O) groups is 2. The van der Waals surface area contributed by atoms with Crippen LogP contribution in [0.3, 0.4) is 0 Å². The Labute approximate surface area is 165 Å². The minimum atomic E-state index is -0.176. The molecule has 2 heterocycles. The van der Waals surface area contributed by atoms with Gasteiger partial charge in [0.05, 0.1) is 6.61 Å². The number of rotatable bonds is 5. The van der Waals surface area contributed by atoms with E-state index >= 15 is 0 Å². The average Bonchev–Trinajstić information content (AvgIpc) is 2.87. The van der Waals surface area contributed by atoms with E-state index in [-0.39, 0.29) is 24.1 Å². The molecule has 0 radical (unpaired) electrons. The first-order valence-electron chi connectivity index (χ1n) is 10.8. The normalized spacial score (nSPS) is 22.8. The van der Waals surface area contributed by atoms with Crippen molar-refractivity contribution in [3.63, 3.8) is 0 Å². The van der Waals surface area contributed by atoms with Crippen LogP contribution in [0, 0.1) is 5.92 Å². The van der Waals surface area contributed by atoms with Gasteiger partial charge in [0.15, 0.2) is 0 Å². The number of likely N-dealkylation sites (tertiary alicyclic amines) is 2. The van der Waals surface area contributed by atoms with Crippen molar-refractivity contribution < 1.29 is 14.3 Å². The van der Waals surface area contributed by atoms with E-state index in [1.165, 1.54) is 0 Å². The van der Waals surface area contributed by atoms with Gasteiger partial charge >= 0.3 is 6.09 Å². The van der Waals surface area contributed by atoms with Gasteiger partial charge in [0.1, 0.15) is 0 Å². The summed E-state index contributed by atoms with van der Waals surface area (Å²) in [5, 5.41) is 0. The maximum atomic E-state index is 12.9. The van der Waals surface area contributed by atoms with Crippen LogP contribution in [0.25, 0.3) is 0 Å². The Hall–Kier alpha value is -1.30. The highest BCUT2D eigenvalue weighted by Gasteiger charge is 2.33. The third-order valence-electron chi connectivity index (χ3n) is 5.99. The van der Waals surface area contributed by atoms with Crippen molar-refractivity contribution in [3.8, 4) is 0 Å². The summed E-state index contributed by atoms with van der Waals surface area (Å²) in [4.78, 5) is 31.4. The number of nitrogens with zero attached hydrogens (tertiary/aromatic N) is 3. The van der Waals surface area contributed by atoms with Crippen LogP contribution in [0.1, 0.15) is 66.7 Å². The fourth-order valence-electron chi connectivity index (χ4n) is 4.67. The molecule has 0 aliphatic carbocycles. The monoisotopic (exact) mass is 381 g/mol. The molecule has 2 aliphatic heterocycles. The van der Waals surface area contributed by atoms with Gasteiger partial charge in [-0.1, -0.05) is 0 Å². The van der Waals surface area contributed by atoms with E-state index in [1.807, 2.05) is 16.7 Å². The molecular formula is C21H39N3O3. The van der Waals surface area contributed by atoms with Crippen LogP contribution in [-0.2, 0) is 9.53 Å². The molecule has 2 aliphatic rings. The molecule has 2 rings (SSSR count). The lowest BCUT2D eigenvalue weighted by atomic mass is 9.92. The maximum Gasteiger partial charge on any atom is 0.409 e. The first-order chi connectivity index (χ1) is 12.8. The Balaban J connectivity index is 1.85. The van der Waals surface area contributed by atoms with Crippen LogP contribution in [-0.4, -0.2) is 77.6 Å². The molecule has 0 saturated carbocycles. The van der Waals surface area contributed by atoms with Crippen molar-refractivity contribution in [1.29, 1.82) is 0 Å². The fraction of sp³-hybridized carbons (Fsp3) is 0.905. The smallest absolute Gasteiger partial charge is 0.409 e. The Morgan fingerprint density at radius 1 is 0.963 bits per heavy atom. The third-order valence-corrected chi connectivity index (χ3v) is 5.99. The van der Waals surface area contributed by atoms with E-state index in [1.54, 1.807) is 0 Å². The Morgan fingerprint density at radius 3 is 2.15 bits per heavy atom. The summed E-state index contributed by atoms with van der Waals surface area (Å²) in [5.41, 5.74) is 0. The summed E-state index contributed by atoms with van der Waals surface area (Å²) in [7, 11) is 0. The molecule has 6 nitrogen and oxygen atoms in total. The molecule has 1 unspecified atom stereocenters. The molecule has 0 aromatic rings. The van der Waals surface area contributed by atoms with Crippen molar-refractivity contribution in [2.45, 2.75) is 84.8 Å². The molecule has 2 saturated heterocycles. The quantitative estimate of drug-likeness (QED) is 0.733. The van der Waals surface area contributed by atoms with Crippen molar-refractivity contribution in [2.75, 3.05) is 32.8 Å². The van der Waals surface area contributed by atoms with Gasteiger partial charge in [-0.25, -0.2) is 4.79 Å². The lowest BCUT2D eigenvalue weighted by Gasteiger charge is -2.40. The number of piperidine rings is 1. The number of carbonyl (C=O) groups excluding carboxylic acids is 2. The molecule has 0 bridgehead atoms. The first-order valence-corrected chi connectivity index (χ1v) is 10.8. The molecule has 6 heteroatoms. The standard InChI is InChI=1S/C21H39N3O3/c1-6-27-21(26)23-12-7-8-19(11-15-23)22-13-9-18(10-14-22)20(25)24(16(2)3)17(4)5/h16-19H,6-15H2,1-5H3.